The fraction of sp³-hybridized carbons (Fsp3) is 0.500. The van der Waals surface area contributed by atoms with E-state index in [1.165, 1.54) is 5.56 Å². The van der Waals surface area contributed by atoms with Crippen molar-refractivity contribution in [3.05, 3.63) is 52.4 Å². The van der Waals surface area contributed by atoms with Crippen molar-refractivity contribution in [1.82, 2.24) is 25.5 Å². The summed E-state index contributed by atoms with van der Waals surface area (Å²) >= 11 is 6.05. The summed E-state index contributed by atoms with van der Waals surface area (Å²) in [4.78, 5) is 38.4. The van der Waals surface area contributed by atoms with E-state index < -0.39 is 0 Å². The van der Waals surface area contributed by atoms with Crippen LogP contribution in [0.5, 0.6) is 0 Å². The van der Waals surface area contributed by atoms with Crippen LogP contribution in [0.4, 0.5) is 5.82 Å². The third-order valence-corrected chi connectivity index (χ3v) is 6.88. The largest absolute Gasteiger partial charge is 0.358 e. The number of amides is 2. The summed E-state index contributed by atoms with van der Waals surface area (Å²) in [5.74, 6) is 1.05. The van der Waals surface area contributed by atoms with Gasteiger partial charge in [-0.05, 0) is 36.5 Å². The Morgan fingerprint density at radius 3 is 2.58 bits per heavy atom. The van der Waals surface area contributed by atoms with Crippen LogP contribution in [0, 0.1) is 0 Å². The summed E-state index contributed by atoms with van der Waals surface area (Å²) in [6, 6.07) is 7.36. The van der Waals surface area contributed by atoms with E-state index in [2.05, 4.69) is 32.4 Å². The number of nitrogens with one attached hydrogen (secondary N) is 2. The molecule has 1 aromatic carbocycles. The molecule has 2 aromatic rings. The van der Waals surface area contributed by atoms with Crippen LogP contribution in [0.1, 0.15) is 42.0 Å². The standard InChI is InChI=1S/C24H31ClN6O2/c1-16-3-8-20-22(16)23(29-15-28-20)30-9-11-31(12-10-30)24(33)19(13-27-14-21(32)26-2)17-4-6-18(25)7-5-17/h4-7,15-16,19,27H,3,8-14H2,1-2H3,(H,26,32)/t16-,19-/m1/s1. The molecule has 0 bridgehead atoms. The number of benzene rings is 1. The third-order valence-electron chi connectivity index (χ3n) is 6.63. The number of piperazine rings is 1. The molecule has 8 nitrogen and oxygen atoms in total. The SMILES string of the molecule is CNC(=O)CNC[C@@H](C(=O)N1CCN(c2ncnc3c2[C@H](C)CC3)CC1)c1ccc(Cl)cc1. The van der Waals surface area contributed by atoms with Crippen molar-refractivity contribution < 1.29 is 9.59 Å². The summed E-state index contributed by atoms with van der Waals surface area (Å²) in [6.45, 7) is 5.52. The molecule has 0 spiro atoms. The van der Waals surface area contributed by atoms with Crippen LogP contribution >= 0.6 is 11.6 Å². The highest BCUT2D eigenvalue weighted by molar-refractivity contribution is 6.30. The number of halogens is 1. The first-order valence-electron chi connectivity index (χ1n) is 11.5. The summed E-state index contributed by atoms with van der Waals surface area (Å²) in [6.07, 6.45) is 3.79. The molecule has 1 aliphatic heterocycles. The quantitative estimate of drug-likeness (QED) is 0.642. The average Bonchev–Trinajstić information content (AvgIpc) is 3.23. The van der Waals surface area contributed by atoms with E-state index >= 15 is 0 Å². The number of carbonyl (C=O) groups excluding carboxylic acids is 2. The number of carbonyl (C=O) groups is 2. The average molecular weight is 471 g/mol. The molecule has 1 aromatic heterocycles. The topological polar surface area (TPSA) is 90.5 Å². The smallest absolute Gasteiger partial charge is 0.233 e. The van der Waals surface area contributed by atoms with Crippen LogP contribution in [0.15, 0.2) is 30.6 Å². The van der Waals surface area contributed by atoms with E-state index in [1.54, 1.807) is 25.5 Å². The number of likely N-dealkylation sites (N-methyl/N-ethyl adjacent to an activating group) is 1. The number of fused-ring (bicyclic) bond motifs is 1. The highest BCUT2D eigenvalue weighted by Crippen LogP contribution is 2.37. The first-order chi connectivity index (χ1) is 16.0. The second-order valence-electron chi connectivity index (χ2n) is 8.72. The molecule has 4 rings (SSSR count). The van der Waals surface area contributed by atoms with Crippen molar-refractivity contribution in [2.45, 2.75) is 31.6 Å². The fourth-order valence-corrected chi connectivity index (χ4v) is 4.82. The van der Waals surface area contributed by atoms with Crippen molar-refractivity contribution in [2.75, 3.05) is 51.2 Å². The van der Waals surface area contributed by atoms with Gasteiger partial charge in [0.15, 0.2) is 0 Å². The minimum atomic E-state index is -0.387. The lowest BCUT2D eigenvalue weighted by molar-refractivity contribution is -0.133. The summed E-state index contributed by atoms with van der Waals surface area (Å²) in [5, 5.41) is 6.33. The number of aromatic nitrogens is 2. The Morgan fingerprint density at radius 2 is 1.88 bits per heavy atom. The second kappa shape index (κ2) is 10.5. The molecule has 2 aliphatic rings. The Bertz CT molecular complexity index is 991. The molecule has 9 heteroatoms. The second-order valence-corrected chi connectivity index (χ2v) is 9.15. The molecule has 1 fully saturated rings. The molecule has 0 unspecified atom stereocenters. The van der Waals surface area contributed by atoms with E-state index in [-0.39, 0.29) is 24.3 Å². The number of anilines is 1. The highest BCUT2D eigenvalue weighted by Gasteiger charge is 2.32. The molecular weight excluding hydrogens is 440 g/mol. The summed E-state index contributed by atoms with van der Waals surface area (Å²) in [5.41, 5.74) is 3.32. The van der Waals surface area contributed by atoms with Crippen LogP contribution in [-0.4, -0.2) is 73.0 Å². The molecule has 2 amide bonds. The number of hydrogen-bond acceptors (Lipinski definition) is 6. The molecule has 0 saturated carbocycles. The number of nitrogens with zero attached hydrogens (tertiary/aromatic N) is 4. The predicted molar refractivity (Wildman–Crippen MR) is 129 cm³/mol. The fourth-order valence-electron chi connectivity index (χ4n) is 4.70. The third kappa shape index (κ3) is 5.28. The Labute approximate surface area is 199 Å². The van der Waals surface area contributed by atoms with E-state index in [1.807, 2.05) is 17.0 Å². The molecule has 1 saturated heterocycles. The molecule has 33 heavy (non-hydrogen) atoms. The molecule has 176 valence electrons. The zero-order valence-electron chi connectivity index (χ0n) is 19.2. The minimum Gasteiger partial charge on any atom is -0.358 e. The first-order valence-corrected chi connectivity index (χ1v) is 11.9. The van der Waals surface area contributed by atoms with Gasteiger partial charge in [-0.2, -0.15) is 0 Å². The van der Waals surface area contributed by atoms with Crippen molar-refractivity contribution in [3.8, 4) is 0 Å². The van der Waals surface area contributed by atoms with E-state index in [9.17, 15) is 9.59 Å². The van der Waals surface area contributed by atoms with Crippen LogP contribution < -0.4 is 15.5 Å². The highest BCUT2D eigenvalue weighted by atomic mass is 35.5. The Hall–Kier alpha value is -2.71. The van der Waals surface area contributed by atoms with Crippen molar-refractivity contribution in [2.24, 2.45) is 0 Å². The first kappa shape index (κ1) is 23.4. The summed E-state index contributed by atoms with van der Waals surface area (Å²) < 4.78 is 0. The van der Waals surface area contributed by atoms with Gasteiger partial charge < -0.3 is 20.4 Å². The minimum absolute atomic E-state index is 0.0580. The van der Waals surface area contributed by atoms with Gasteiger partial charge in [0, 0.05) is 56.1 Å². The maximum atomic E-state index is 13.5. The molecule has 2 heterocycles. The van der Waals surface area contributed by atoms with Gasteiger partial charge in [0.1, 0.15) is 12.1 Å². The van der Waals surface area contributed by atoms with Gasteiger partial charge in [0.25, 0.3) is 0 Å². The Balaban J connectivity index is 1.44. The zero-order chi connectivity index (χ0) is 23.4. The molecule has 1 aliphatic carbocycles. The van der Waals surface area contributed by atoms with E-state index in [0.717, 1.165) is 43.0 Å². The lowest BCUT2D eigenvalue weighted by Gasteiger charge is -2.38. The van der Waals surface area contributed by atoms with Gasteiger partial charge in [0.05, 0.1) is 12.5 Å². The Kier molecular flexibility index (Phi) is 7.45. The van der Waals surface area contributed by atoms with Gasteiger partial charge in [-0.15, -0.1) is 0 Å². The van der Waals surface area contributed by atoms with Crippen LogP contribution in [-0.2, 0) is 16.0 Å². The molecule has 0 radical (unpaired) electrons. The van der Waals surface area contributed by atoms with Crippen molar-refractivity contribution >= 4 is 29.2 Å². The molecular formula is C24H31ClN6O2. The van der Waals surface area contributed by atoms with Crippen molar-refractivity contribution in [3.63, 3.8) is 0 Å². The van der Waals surface area contributed by atoms with Crippen LogP contribution in [0.2, 0.25) is 5.02 Å². The van der Waals surface area contributed by atoms with Crippen LogP contribution in [0.3, 0.4) is 0 Å². The van der Waals surface area contributed by atoms with E-state index in [0.29, 0.717) is 30.6 Å². The normalized spacial score (nSPS) is 18.7. The van der Waals surface area contributed by atoms with Gasteiger partial charge in [-0.25, -0.2) is 9.97 Å². The maximum Gasteiger partial charge on any atom is 0.233 e. The molecule has 2 N–H and O–H groups in total. The van der Waals surface area contributed by atoms with E-state index in [4.69, 9.17) is 11.6 Å². The summed E-state index contributed by atoms with van der Waals surface area (Å²) in [7, 11) is 1.60. The lowest BCUT2D eigenvalue weighted by Crippen LogP contribution is -2.51. The predicted octanol–water partition coefficient (Wildman–Crippen LogP) is 1.95. The van der Waals surface area contributed by atoms with Gasteiger partial charge >= 0.3 is 0 Å². The maximum absolute atomic E-state index is 13.5. The van der Waals surface area contributed by atoms with Gasteiger partial charge in [-0.1, -0.05) is 30.7 Å². The number of rotatable bonds is 7. The van der Waals surface area contributed by atoms with Gasteiger partial charge in [0.2, 0.25) is 11.8 Å². The van der Waals surface area contributed by atoms with Crippen molar-refractivity contribution in [1.29, 1.82) is 0 Å². The zero-order valence-corrected chi connectivity index (χ0v) is 19.9. The Morgan fingerprint density at radius 1 is 1.15 bits per heavy atom. The number of aryl methyl sites for hydroxylation is 1. The monoisotopic (exact) mass is 470 g/mol. The van der Waals surface area contributed by atoms with Crippen LogP contribution in [0.25, 0.3) is 0 Å². The number of hydrogen-bond donors (Lipinski definition) is 2. The molecule has 2 atom stereocenters. The van der Waals surface area contributed by atoms with Gasteiger partial charge in [-0.3, -0.25) is 9.59 Å². The lowest BCUT2D eigenvalue weighted by atomic mass is 9.97.